The molecule has 3 heterocycles. The minimum Gasteiger partial charge on any atom is -0.477 e. The van der Waals surface area contributed by atoms with Crippen LogP contribution in [0, 0.1) is 5.82 Å². The summed E-state index contributed by atoms with van der Waals surface area (Å²) in [7, 11) is -1.61. The number of aromatic nitrogens is 4. The van der Waals surface area contributed by atoms with Crippen LogP contribution in [0.3, 0.4) is 0 Å². The maximum atomic E-state index is 13.5. The zero-order chi connectivity index (χ0) is 21.4. The molecule has 2 aromatic heterocycles. The summed E-state index contributed by atoms with van der Waals surface area (Å²) in [6.45, 7) is 0.953. The summed E-state index contributed by atoms with van der Waals surface area (Å²) in [5.74, 6) is 1.09. The SMILES string of the molecule is OB(O)c1cccc2c1cnn2-c1nc(NCc2cccc(F)c2)c2c(n1)OCCC2. The Labute approximate surface area is 177 Å². The van der Waals surface area contributed by atoms with E-state index in [9.17, 15) is 14.4 Å². The van der Waals surface area contributed by atoms with Crippen molar-refractivity contribution in [3.8, 4) is 11.8 Å². The average Bonchev–Trinajstić information content (AvgIpc) is 3.21. The lowest BCUT2D eigenvalue weighted by atomic mass is 9.78. The van der Waals surface area contributed by atoms with E-state index >= 15 is 0 Å². The van der Waals surface area contributed by atoms with Gasteiger partial charge in [0.15, 0.2) is 0 Å². The average molecular weight is 419 g/mol. The van der Waals surface area contributed by atoms with E-state index in [0.29, 0.717) is 47.2 Å². The molecule has 4 aromatic rings. The van der Waals surface area contributed by atoms with Crippen molar-refractivity contribution in [3.63, 3.8) is 0 Å². The molecule has 0 saturated heterocycles. The summed E-state index contributed by atoms with van der Waals surface area (Å²) in [5.41, 5.74) is 2.64. The molecule has 5 rings (SSSR count). The molecule has 8 nitrogen and oxygen atoms in total. The van der Waals surface area contributed by atoms with E-state index < -0.39 is 7.12 Å². The highest BCUT2D eigenvalue weighted by Gasteiger charge is 2.22. The fourth-order valence-electron chi connectivity index (χ4n) is 3.75. The Balaban J connectivity index is 1.56. The van der Waals surface area contributed by atoms with Gasteiger partial charge in [-0.2, -0.15) is 19.7 Å². The van der Waals surface area contributed by atoms with Crippen LogP contribution in [0.5, 0.6) is 5.88 Å². The van der Waals surface area contributed by atoms with Gasteiger partial charge >= 0.3 is 7.12 Å². The van der Waals surface area contributed by atoms with Gasteiger partial charge < -0.3 is 20.1 Å². The van der Waals surface area contributed by atoms with Gasteiger partial charge in [0.05, 0.1) is 23.9 Å². The monoisotopic (exact) mass is 419 g/mol. The van der Waals surface area contributed by atoms with Crippen LogP contribution in [0.2, 0.25) is 0 Å². The van der Waals surface area contributed by atoms with Crippen LogP contribution in [-0.2, 0) is 13.0 Å². The van der Waals surface area contributed by atoms with Crippen LogP contribution in [0.25, 0.3) is 16.9 Å². The minimum atomic E-state index is -1.61. The number of hydrogen-bond acceptors (Lipinski definition) is 7. The lowest BCUT2D eigenvalue weighted by Gasteiger charge is -2.20. The van der Waals surface area contributed by atoms with Gasteiger partial charge in [-0.05, 0) is 42.1 Å². The normalized spacial score (nSPS) is 13.0. The summed E-state index contributed by atoms with van der Waals surface area (Å²) in [6.07, 6.45) is 3.17. The highest BCUT2D eigenvalue weighted by atomic mass is 19.1. The molecule has 2 aromatic carbocycles. The van der Waals surface area contributed by atoms with Crippen molar-refractivity contribution >= 4 is 29.3 Å². The lowest BCUT2D eigenvalue weighted by Crippen LogP contribution is -2.30. The predicted octanol–water partition coefficient (Wildman–Crippen LogP) is 1.57. The number of hydrogen-bond donors (Lipinski definition) is 3. The van der Waals surface area contributed by atoms with Gasteiger partial charge in [-0.25, -0.2) is 4.39 Å². The topological polar surface area (TPSA) is 105 Å². The van der Waals surface area contributed by atoms with E-state index in [1.54, 1.807) is 30.5 Å². The molecular formula is C21H19BFN5O3. The molecule has 1 aliphatic rings. The van der Waals surface area contributed by atoms with Gasteiger partial charge in [0, 0.05) is 11.9 Å². The molecule has 0 fully saturated rings. The first-order valence-corrected chi connectivity index (χ1v) is 9.95. The van der Waals surface area contributed by atoms with Crippen molar-refractivity contribution < 1.29 is 19.2 Å². The number of nitrogens with zero attached hydrogens (tertiary/aromatic N) is 4. The Morgan fingerprint density at radius 1 is 1.16 bits per heavy atom. The molecule has 0 radical (unpaired) electrons. The predicted molar refractivity (Wildman–Crippen MR) is 114 cm³/mol. The maximum absolute atomic E-state index is 13.5. The first-order valence-electron chi connectivity index (χ1n) is 9.95. The Bertz CT molecular complexity index is 1260. The van der Waals surface area contributed by atoms with Gasteiger partial charge in [0.25, 0.3) is 5.95 Å². The number of nitrogens with one attached hydrogen (secondary N) is 1. The number of halogens is 1. The zero-order valence-electron chi connectivity index (χ0n) is 16.5. The fraction of sp³-hybridized carbons (Fsp3) is 0.190. The standard InChI is InChI=1S/C21H19BFN5O3/c23-14-5-1-4-13(10-14)11-24-19-15-6-3-9-31-20(15)27-21(26-19)28-18-8-2-7-17(22(29)30)16(18)12-25-28/h1-2,4-5,7-8,10,12,29-30H,3,6,9,11H2,(H,24,26,27). The van der Waals surface area contributed by atoms with E-state index in [-0.39, 0.29) is 5.82 Å². The molecule has 1 aliphatic heterocycles. The van der Waals surface area contributed by atoms with E-state index in [2.05, 4.69) is 20.4 Å². The van der Waals surface area contributed by atoms with E-state index in [4.69, 9.17) is 4.74 Å². The molecule has 0 spiro atoms. The van der Waals surface area contributed by atoms with Crippen molar-refractivity contribution in [2.75, 3.05) is 11.9 Å². The number of benzene rings is 2. The van der Waals surface area contributed by atoms with Crippen LogP contribution in [0.15, 0.2) is 48.7 Å². The molecule has 31 heavy (non-hydrogen) atoms. The van der Waals surface area contributed by atoms with Gasteiger partial charge in [-0.15, -0.1) is 0 Å². The molecular weight excluding hydrogens is 400 g/mol. The highest BCUT2D eigenvalue weighted by molar-refractivity contribution is 6.61. The molecule has 10 heteroatoms. The number of ether oxygens (including phenoxy) is 1. The Kier molecular flexibility index (Phi) is 5.01. The zero-order valence-corrected chi connectivity index (χ0v) is 16.5. The van der Waals surface area contributed by atoms with Crippen molar-refractivity contribution in [2.24, 2.45) is 0 Å². The molecule has 0 aliphatic carbocycles. The van der Waals surface area contributed by atoms with E-state index in [0.717, 1.165) is 24.0 Å². The molecule has 0 unspecified atom stereocenters. The van der Waals surface area contributed by atoms with Crippen molar-refractivity contribution in [2.45, 2.75) is 19.4 Å². The minimum absolute atomic E-state index is 0.293. The van der Waals surface area contributed by atoms with E-state index in [1.165, 1.54) is 16.8 Å². The Hall–Kier alpha value is -3.50. The smallest absolute Gasteiger partial charge is 0.477 e. The van der Waals surface area contributed by atoms with Crippen LogP contribution < -0.4 is 15.5 Å². The van der Waals surface area contributed by atoms with Crippen LogP contribution in [0.4, 0.5) is 10.2 Å². The second-order valence-electron chi connectivity index (χ2n) is 7.30. The Morgan fingerprint density at radius 2 is 2.03 bits per heavy atom. The summed E-state index contributed by atoms with van der Waals surface area (Å²) in [5, 5.41) is 27.5. The quantitative estimate of drug-likeness (QED) is 0.422. The van der Waals surface area contributed by atoms with Gasteiger partial charge in [-0.3, -0.25) is 0 Å². The number of rotatable bonds is 5. The fourth-order valence-corrected chi connectivity index (χ4v) is 3.75. The van der Waals surface area contributed by atoms with Crippen molar-refractivity contribution in [3.05, 3.63) is 65.6 Å². The molecule has 0 amide bonds. The first kappa shape index (κ1) is 19.5. The first-order chi connectivity index (χ1) is 15.1. The van der Waals surface area contributed by atoms with Crippen LogP contribution in [-0.4, -0.2) is 43.5 Å². The number of anilines is 1. The molecule has 3 N–H and O–H groups in total. The van der Waals surface area contributed by atoms with Gasteiger partial charge in [0.2, 0.25) is 5.88 Å². The maximum Gasteiger partial charge on any atom is 0.489 e. The van der Waals surface area contributed by atoms with Crippen molar-refractivity contribution in [1.29, 1.82) is 0 Å². The Morgan fingerprint density at radius 3 is 2.87 bits per heavy atom. The molecule has 0 saturated carbocycles. The van der Waals surface area contributed by atoms with Gasteiger partial charge in [-0.1, -0.05) is 24.3 Å². The third-order valence-corrected chi connectivity index (χ3v) is 5.23. The second kappa shape index (κ2) is 7.97. The molecule has 0 bridgehead atoms. The summed E-state index contributed by atoms with van der Waals surface area (Å²) in [4.78, 5) is 9.22. The largest absolute Gasteiger partial charge is 0.489 e. The van der Waals surface area contributed by atoms with Crippen molar-refractivity contribution in [1.82, 2.24) is 19.7 Å². The van der Waals surface area contributed by atoms with E-state index in [1.807, 2.05) is 6.07 Å². The summed E-state index contributed by atoms with van der Waals surface area (Å²) in [6, 6.07) is 11.5. The third-order valence-electron chi connectivity index (χ3n) is 5.23. The van der Waals surface area contributed by atoms with Crippen LogP contribution >= 0.6 is 0 Å². The highest BCUT2D eigenvalue weighted by Crippen LogP contribution is 2.30. The summed E-state index contributed by atoms with van der Waals surface area (Å²) >= 11 is 0. The number of fused-ring (bicyclic) bond motifs is 2. The molecule has 156 valence electrons. The molecule has 0 atom stereocenters. The van der Waals surface area contributed by atoms with Crippen LogP contribution in [0.1, 0.15) is 17.5 Å². The second-order valence-corrected chi connectivity index (χ2v) is 7.30. The summed E-state index contributed by atoms with van der Waals surface area (Å²) < 4.78 is 20.8. The van der Waals surface area contributed by atoms with Gasteiger partial charge in [0.1, 0.15) is 11.6 Å². The third kappa shape index (κ3) is 3.71. The lowest BCUT2D eigenvalue weighted by molar-refractivity contribution is 0.275.